The molecule has 0 N–H and O–H groups in total. The Morgan fingerprint density at radius 1 is 1.05 bits per heavy atom. The summed E-state index contributed by atoms with van der Waals surface area (Å²) in [5, 5.41) is 2.22. The monoisotopic (exact) mass is 497 g/mol. The van der Waals surface area contributed by atoms with Gasteiger partial charge in [-0.15, -0.1) is 0 Å². The molecule has 0 saturated heterocycles. The molecular weight excluding hydrogens is 450 g/mol. The average Bonchev–Trinajstić information content (AvgIpc) is 3.14. The van der Waals surface area contributed by atoms with Crippen LogP contribution in [-0.2, 0) is 5.41 Å². The van der Waals surface area contributed by atoms with Gasteiger partial charge in [0.05, 0.1) is 0 Å². The molecule has 0 spiro atoms. The van der Waals surface area contributed by atoms with Crippen LogP contribution < -0.4 is 0 Å². The van der Waals surface area contributed by atoms with Gasteiger partial charge >= 0.3 is 0 Å². The summed E-state index contributed by atoms with van der Waals surface area (Å²) in [5.74, 6) is 0.484. The lowest BCUT2D eigenvalue weighted by atomic mass is 9.62. The van der Waals surface area contributed by atoms with Crippen molar-refractivity contribution in [3.63, 3.8) is 0 Å². The van der Waals surface area contributed by atoms with Crippen LogP contribution in [0.3, 0.4) is 0 Å². The standard InChI is InChI=1S/C35H47NO/c1-14-16-26(19-22(5)21(3)4)27(15-2)25(8)30-31(35(12,13)34(9,10)11)23(6)20-29-28-18-17-24(7)36-33(28)37-32(29)30/h14,16-21H,1,15H2,2-13H3/b22-19+,26-16-,27-25+. The number of rotatable bonds is 7. The summed E-state index contributed by atoms with van der Waals surface area (Å²) < 4.78 is 6.64. The third-order valence-corrected chi connectivity index (χ3v) is 8.59. The van der Waals surface area contributed by atoms with Crippen LogP contribution in [0.2, 0.25) is 0 Å². The maximum atomic E-state index is 6.64. The third kappa shape index (κ3) is 5.26. The van der Waals surface area contributed by atoms with Gasteiger partial charge in [0, 0.05) is 22.0 Å². The molecule has 0 radical (unpaired) electrons. The highest BCUT2D eigenvalue weighted by Gasteiger charge is 2.39. The van der Waals surface area contributed by atoms with Crippen molar-refractivity contribution in [1.29, 1.82) is 0 Å². The molecule has 0 amide bonds. The Labute approximate surface area is 225 Å². The second-order valence-electron chi connectivity index (χ2n) is 12.5. The number of benzene rings is 1. The molecule has 0 aliphatic carbocycles. The van der Waals surface area contributed by atoms with Crippen molar-refractivity contribution in [2.24, 2.45) is 11.3 Å². The van der Waals surface area contributed by atoms with E-state index in [1.807, 2.05) is 13.0 Å². The third-order valence-electron chi connectivity index (χ3n) is 8.59. The number of furan rings is 1. The highest BCUT2D eigenvalue weighted by molar-refractivity contribution is 6.08. The van der Waals surface area contributed by atoms with Crippen molar-refractivity contribution in [3.8, 4) is 0 Å². The van der Waals surface area contributed by atoms with E-state index in [9.17, 15) is 0 Å². The lowest BCUT2D eigenvalue weighted by molar-refractivity contribution is 0.224. The fourth-order valence-electron chi connectivity index (χ4n) is 5.17. The van der Waals surface area contributed by atoms with Crippen molar-refractivity contribution in [2.75, 3.05) is 0 Å². The SMILES string of the molecule is C=C/C=C(/C=C(\C)C(C)C)C(\CC)=C(/C)c1c(C(C)(C)C(C)(C)C)c(C)cc2c1oc1nc(C)ccc12. The molecule has 0 atom stereocenters. The van der Waals surface area contributed by atoms with Gasteiger partial charge in [-0.2, -0.15) is 0 Å². The average molecular weight is 498 g/mol. The molecule has 0 saturated carbocycles. The summed E-state index contributed by atoms with van der Waals surface area (Å²) in [4.78, 5) is 4.76. The van der Waals surface area contributed by atoms with Gasteiger partial charge in [0.15, 0.2) is 0 Å². The van der Waals surface area contributed by atoms with E-state index in [2.05, 4.69) is 113 Å². The van der Waals surface area contributed by atoms with Crippen LogP contribution in [0.4, 0.5) is 0 Å². The van der Waals surface area contributed by atoms with Gasteiger partial charge in [-0.05, 0) is 96.9 Å². The first kappa shape index (κ1) is 28.7. The van der Waals surface area contributed by atoms with Gasteiger partial charge in [-0.1, -0.05) is 85.8 Å². The van der Waals surface area contributed by atoms with Crippen LogP contribution in [-0.4, -0.2) is 4.98 Å². The molecule has 3 rings (SSSR count). The number of allylic oxidation sites excluding steroid dienone is 7. The normalized spacial score (nSPS) is 14.6. The lowest BCUT2D eigenvalue weighted by Gasteiger charge is -2.42. The molecule has 2 nitrogen and oxygen atoms in total. The first-order valence-electron chi connectivity index (χ1n) is 13.7. The molecule has 3 aromatic rings. The second-order valence-corrected chi connectivity index (χ2v) is 12.5. The molecule has 0 fully saturated rings. The number of aryl methyl sites for hydroxylation is 2. The number of pyridine rings is 1. The summed E-state index contributed by atoms with van der Waals surface area (Å²) in [6, 6.07) is 6.54. The molecule has 37 heavy (non-hydrogen) atoms. The van der Waals surface area contributed by atoms with E-state index in [-0.39, 0.29) is 10.8 Å². The predicted octanol–water partition coefficient (Wildman–Crippen LogP) is 10.8. The van der Waals surface area contributed by atoms with E-state index < -0.39 is 0 Å². The van der Waals surface area contributed by atoms with Gasteiger partial charge in [-0.25, -0.2) is 4.98 Å². The topological polar surface area (TPSA) is 26.0 Å². The van der Waals surface area contributed by atoms with E-state index >= 15 is 0 Å². The summed E-state index contributed by atoms with van der Waals surface area (Å²) >= 11 is 0. The van der Waals surface area contributed by atoms with Crippen LogP contribution in [0.5, 0.6) is 0 Å². The minimum atomic E-state index is -0.102. The smallest absolute Gasteiger partial charge is 0.227 e. The van der Waals surface area contributed by atoms with Gasteiger partial charge in [-0.3, -0.25) is 0 Å². The number of aromatic nitrogens is 1. The van der Waals surface area contributed by atoms with Gasteiger partial charge < -0.3 is 4.42 Å². The second kappa shape index (κ2) is 10.5. The molecule has 0 bridgehead atoms. The molecule has 0 aliphatic rings. The molecule has 2 aromatic heterocycles. The molecule has 1 aromatic carbocycles. The van der Waals surface area contributed by atoms with E-state index in [0.717, 1.165) is 28.5 Å². The van der Waals surface area contributed by atoms with Crippen molar-refractivity contribution in [1.82, 2.24) is 4.98 Å². The number of hydrogen-bond donors (Lipinski definition) is 0. The number of hydrogen-bond acceptors (Lipinski definition) is 2. The Balaban J connectivity index is 2.58. The van der Waals surface area contributed by atoms with Crippen LogP contribution in [0.1, 0.15) is 98.0 Å². The molecule has 198 valence electrons. The first-order chi connectivity index (χ1) is 17.1. The van der Waals surface area contributed by atoms with E-state index in [1.165, 1.54) is 39.0 Å². The van der Waals surface area contributed by atoms with Gasteiger partial charge in [0.2, 0.25) is 5.71 Å². The maximum Gasteiger partial charge on any atom is 0.227 e. The minimum Gasteiger partial charge on any atom is -0.437 e. The Morgan fingerprint density at radius 2 is 1.70 bits per heavy atom. The van der Waals surface area contributed by atoms with Gasteiger partial charge in [0.1, 0.15) is 5.58 Å². The summed E-state index contributed by atoms with van der Waals surface area (Å²) in [5.41, 5.74) is 11.6. The Kier molecular flexibility index (Phi) is 8.13. The molecule has 0 unspecified atom stereocenters. The Morgan fingerprint density at radius 3 is 2.24 bits per heavy atom. The molecule has 2 heteroatoms. The minimum absolute atomic E-state index is 0.0433. The molecular formula is C35H47NO. The zero-order valence-corrected chi connectivity index (χ0v) is 25.3. The number of nitrogens with zero attached hydrogens (tertiary/aromatic N) is 1. The van der Waals surface area contributed by atoms with Crippen molar-refractivity contribution < 1.29 is 4.42 Å². The van der Waals surface area contributed by atoms with Crippen molar-refractivity contribution in [2.45, 2.75) is 94.9 Å². The van der Waals surface area contributed by atoms with Crippen molar-refractivity contribution in [3.05, 3.63) is 82.1 Å². The number of fused-ring (bicyclic) bond motifs is 3. The zero-order valence-electron chi connectivity index (χ0n) is 25.3. The summed E-state index contributed by atoms with van der Waals surface area (Å²) in [7, 11) is 0. The fraction of sp³-hybridized carbons (Fsp3) is 0.457. The predicted molar refractivity (Wildman–Crippen MR) is 163 cm³/mol. The first-order valence-corrected chi connectivity index (χ1v) is 13.7. The van der Waals surface area contributed by atoms with Crippen LogP contribution in [0.15, 0.2) is 64.1 Å². The lowest BCUT2D eigenvalue weighted by Crippen LogP contribution is -2.35. The van der Waals surface area contributed by atoms with Crippen LogP contribution >= 0.6 is 0 Å². The fourth-order valence-corrected chi connectivity index (χ4v) is 5.17. The summed E-state index contributed by atoms with van der Waals surface area (Å²) in [6.07, 6.45) is 7.30. The summed E-state index contributed by atoms with van der Waals surface area (Å²) in [6.45, 7) is 31.3. The zero-order chi connectivity index (χ0) is 27.9. The highest BCUT2D eigenvalue weighted by atomic mass is 16.3. The van der Waals surface area contributed by atoms with Crippen LogP contribution in [0.25, 0.3) is 27.6 Å². The largest absolute Gasteiger partial charge is 0.437 e. The van der Waals surface area contributed by atoms with E-state index in [1.54, 1.807) is 0 Å². The Bertz CT molecular complexity index is 1430. The van der Waals surface area contributed by atoms with E-state index in [0.29, 0.717) is 11.6 Å². The Hall–Kier alpha value is -2.87. The molecule has 2 heterocycles. The molecule has 0 aliphatic heterocycles. The quantitative estimate of drug-likeness (QED) is 0.303. The van der Waals surface area contributed by atoms with Crippen LogP contribution in [0, 0.1) is 25.2 Å². The highest BCUT2D eigenvalue weighted by Crippen LogP contribution is 2.49. The maximum absolute atomic E-state index is 6.64. The van der Waals surface area contributed by atoms with E-state index in [4.69, 9.17) is 9.40 Å². The van der Waals surface area contributed by atoms with Crippen molar-refractivity contribution >= 4 is 27.6 Å². The van der Waals surface area contributed by atoms with Gasteiger partial charge in [0.25, 0.3) is 0 Å².